The number of thioether (sulfide) groups is 1. The Balaban J connectivity index is 1.59. The van der Waals surface area contributed by atoms with Crippen molar-refractivity contribution < 1.29 is 4.52 Å². The number of nitrogens with zero attached hydrogens (tertiary/aromatic N) is 4. The van der Waals surface area contributed by atoms with E-state index in [4.69, 9.17) is 4.52 Å². The van der Waals surface area contributed by atoms with Crippen LogP contribution in [0.25, 0.3) is 0 Å². The second-order valence-electron chi connectivity index (χ2n) is 3.88. The lowest BCUT2D eigenvalue weighted by Gasteiger charge is -1.99. The van der Waals surface area contributed by atoms with E-state index >= 15 is 0 Å². The van der Waals surface area contributed by atoms with Crippen LogP contribution in [0.1, 0.15) is 11.7 Å². The first-order valence-electron chi connectivity index (χ1n) is 5.87. The van der Waals surface area contributed by atoms with E-state index < -0.39 is 0 Å². The van der Waals surface area contributed by atoms with E-state index in [0.717, 1.165) is 15.2 Å². The Morgan fingerprint density at radius 2 is 2.10 bits per heavy atom. The highest BCUT2D eigenvalue weighted by Crippen LogP contribution is 2.29. The van der Waals surface area contributed by atoms with Gasteiger partial charge in [-0.05, 0) is 12.1 Å². The quantitative estimate of drug-likeness (QED) is 0.725. The molecule has 0 amide bonds. The summed E-state index contributed by atoms with van der Waals surface area (Å²) >= 11 is 3.04. The molecular weight excluding hydrogens is 294 g/mol. The Morgan fingerprint density at radius 1 is 1.25 bits per heavy atom. The standard InChI is InChI=1S/C12H11N5OS2/c1-8-13-10(17-18-8)7-19-12-16-15-11(20-12)14-9-5-3-2-4-6-9/h2-6H,7H2,1H3,(H,14,15). The first-order chi connectivity index (χ1) is 9.79. The van der Waals surface area contributed by atoms with Crippen LogP contribution in [0.15, 0.2) is 39.2 Å². The second kappa shape index (κ2) is 6.02. The van der Waals surface area contributed by atoms with Crippen molar-refractivity contribution in [3.8, 4) is 0 Å². The second-order valence-corrected chi connectivity index (χ2v) is 6.08. The molecule has 0 unspecified atom stereocenters. The molecule has 0 aliphatic carbocycles. The Kier molecular flexibility index (Phi) is 3.93. The van der Waals surface area contributed by atoms with Crippen molar-refractivity contribution in [1.82, 2.24) is 20.3 Å². The molecule has 102 valence electrons. The van der Waals surface area contributed by atoms with Crippen LogP contribution in [0.3, 0.4) is 0 Å². The maximum atomic E-state index is 4.92. The van der Waals surface area contributed by atoms with Crippen molar-refractivity contribution in [3.05, 3.63) is 42.0 Å². The smallest absolute Gasteiger partial charge is 0.223 e. The molecule has 1 N–H and O–H groups in total. The summed E-state index contributed by atoms with van der Waals surface area (Å²) in [7, 11) is 0. The largest absolute Gasteiger partial charge is 0.340 e. The minimum Gasteiger partial charge on any atom is -0.340 e. The third kappa shape index (κ3) is 3.34. The summed E-state index contributed by atoms with van der Waals surface area (Å²) in [6.07, 6.45) is 0. The van der Waals surface area contributed by atoms with E-state index in [0.29, 0.717) is 17.5 Å². The zero-order valence-electron chi connectivity index (χ0n) is 10.6. The summed E-state index contributed by atoms with van der Waals surface area (Å²) in [6, 6.07) is 9.88. The molecule has 0 bridgehead atoms. The summed E-state index contributed by atoms with van der Waals surface area (Å²) in [4.78, 5) is 4.14. The van der Waals surface area contributed by atoms with Crippen LogP contribution in [0, 0.1) is 6.92 Å². The van der Waals surface area contributed by atoms with Crippen molar-refractivity contribution in [2.45, 2.75) is 17.0 Å². The zero-order valence-corrected chi connectivity index (χ0v) is 12.2. The maximum absolute atomic E-state index is 4.92. The third-order valence-electron chi connectivity index (χ3n) is 2.33. The number of benzene rings is 1. The zero-order chi connectivity index (χ0) is 13.8. The van der Waals surface area contributed by atoms with E-state index in [1.54, 1.807) is 6.92 Å². The molecule has 3 rings (SSSR count). The molecule has 0 spiro atoms. The highest BCUT2D eigenvalue weighted by molar-refractivity contribution is 8.00. The fraction of sp³-hybridized carbons (Fsp3) is 0.167. The van der Waals surface area contributed by atoms with Crippen LogP contribution in [0.5, 0.6) is 0 Å². The molecular formula is C12H11N5OS2. The number of aryl methyl sites for hydroxylation is 1. The van der Waals surface area contributed by atoms with Gasteiger partial charge in [-0.25, -0.2) is 0 Å². The van der Waals surface area contributed by atoms with Gasteiger partial charge in [0.1, 0.15) is 0 Å². The number of rotatable bonds is 5. The minimum atomic E-state index is 0.573. The van der Waals surface area contributed by atoms with Crippen LogP contribution in [-0.4, -0.2) is 20.3 Å². The SMILES string of the molecule is Cc1nc(CSc2nnc(Nc3ccccc3)s2)no1. The molecule has 0 saturated heterocycles. The fourth-order valence-electron chi connectivity index (χ4n) is 1.49. The highest BCUT2D eigenvalue weighted by Gasteiger charge is 2.08. The molecule has 8 heteroatoms. The molecule has 1 aromatic carbocycles. The molecule has 3 aromatic rings. The lowest BCUT2D eigenvalue weighted by molar-refractivity contribution is 0.389. The van der Waals surface area contributed by atoms with Crippen molar-refractivity contribution in [1.29, 1.82) is 0 Å². The van der Waals surface area contributed by atoms with Gasteiger partial charge in [0.25, 0.3) is 0 Å². The minimum absolute atomic E-state index is 0.573. The number of nitrogens with one attached hydrogen (secondary N) is 1. The summed E-state index contributed by atoms with van der Waals surface area (Å²) in [5.41, 5.74) is 0.994. The summed E-state index contributed by atoms with van der Waals surface area (Å²) in [6.45, 7) is 1.77. The highest BCUT2D eigenvalue weighted by atomic mass is 32.2. The molecule has 0 fully saturated rings. The molecule has 0 atom stereocenters. The average Bonchev–Trinajstić information content (AvgIpc) is 3.07. The Morgan fingerprint density at radius 3 is 2.85 bits per heavy atom. The molecule has 0 aliphatic rings. The Labute approximate surface area is 123 Å². The summed E-state index contributed by atoms with van der Waals surface area (Å²) < 4.78 is 5.78. The van der Waals surface area contributed by atoms with Crippen LogP contribution in [0.4, 0.5) is 10.8 Å². The number of anilines is 2. The lowest BCUT2D eigenvalue weighted by Crippen LogP contribution is -1.87. The maximum Gasteiger partial charge on any atom is 0.223 e. The van der Waals surface area contributed by atoms with Gasteiger partial charge in [-0.15, -0.1) is 10.2 Å². The normalized spacial score (nSPS) is 10.7. The molecule has 2 aromatic heterocycles. The fourth-order valence-corrected chi connectivity index (χ4v) is 3.11. The van der Waals surface area contributed by atoms with Crippen molar-refractivity contribution in [2.24, 2.45) is 0 Å². The van der Waals surface area contributed by atoms with Crippen molar-refractivity contribution >= 4 is 33.9 Å². The molecule has 2 heterocycles. The Bertz CT molecular complexity index is 682. The van der Waals surface area contributed by atoms with Crippen LogP contribution in [0.2, 0.25) is 0 Å². The van der Waals surface area contributed by atoms with E-state index in [9.17, 15) is 0 Å². The van der Waals surface area contributed by atoms with Crippen LogP contribution in [-0.2, 0) is 5.75 Å². The molecule has 0 radical (unpaired) electrons. The van der Waals surface area contributed by atoms with Gasteiger partial charge in [-0.2, -0.15) is 4.98 Å². The average molecular weight is 305 g/mol. The van der Waals surface area contributed by atoms with Crippen LogP contribution < -0.4 is 5.32 Å². The van der Waals surface area contributed by atoms with Gasteiger partial charge < -0.3 is 9.84 Å². The lowest BCUT2D eigenvalue weighted by atomic mass is 10.3. The first kappa shape index (κ1) is 13.1. The van der Waals surface area contributed by atoms with Gasteiger partial charge in [0.2, 0.25) is 11.0 Å². The first-order valence-corrected chi connectivity index (χ1v) is 7.67. The van der Waals surface area contributed by atoms with E-state index in [1.807, 2.05) is 30.3 Å². The molecule has 0 saturated carbocycles. The van der Waals surface area contributed by atoms with Gasteiger partial charge in [0, 0.05) is 12.6 Å². The van der Waals surface area contributed by atoms with E-state index in [-0.39, 0.29) is 0 Å². The topological polar surface area (TPSA) is 76.7 Å². The van der Waals surface area contributed by atoms with Crippen molar-refractivity contribution in [2.75, 3.05) is 5.32 Å². The summed E-state index contributed by atoms with van der Waals surface area (Å²) in [5.74, 6) is 1.86. The number of aromatic nitrogens is 4. The number of hydrogen-bond donors (Lipinski definition) is 1. The van der Waals surface area contributed by atoms with Gasteiger partial charge >= 0.3 is 0 Å². The van der Waals surface area contributed by atoms with Gasteiger partial charge in [-0.3, -0.25) is 0 Å². The number of para-hydroxylation sites is 1. The monoisotopic (exact) mass is 305 g/mol. The predicted octanol–water partition coefficient (Wildman–Crippen LogP) is 3.27. The van der Waals surface area contributed by atoms with Gasteiger partial charge in [0.05, 0.1) is 5.75 Å². The molecule has 20 heavy (non-hydrogen) atoms. The molecule has 0 aliphatic heterocycles. The van der Waals surface area contributed by atoms with E-state index in [1.165, 1.54) is 23.1 Å². The Hall–Kier alpha value is -1.93. The summed E-state index contributed by atoms with van der Waals surface area (Å²) in [5, 5.41) is 16.0. The predicted molar refractivity (Wildman–Crippen MR) is 78.2 cm³/mol. The molecule has 6 nitrogen and oxygen atoms in total. The van der Waals surface area contributed by atoms with Gasteiger partial charge in [0.15, 0.2) is 10.2 Å². The number of hydrogen-bond acceptors (Lipinski definition) is 8. The van der Waals surface area contributed by atoms with Gasteiger partial charge in [-0.1, -0.05) is 46.5 Å². The van der Waals surface area contributed by atoms with E-state index in [2.05, 4.69) is 25.7 Å². The third-order valence-corrected chi connectivity index (χ3v) is 4.29. The van der Waals surface area contributed by atoms with Crippen LogP contribution >= 0.6 is 23.1 Å². The van der Waals surface area contributed by atoms with Crippen molar-refractivity contribution in [3.63, 3.8) is 0 Å².